The molecule has 4 N–H and O–H groups in total. The van der Waals surface area contributed by atoms with Crippen molar-refractivity contribution < 1.29 is 5.11 Å². The third kappa shape index (κ3) is 2.61. The lowest BCUT2D eigenvalue weighted by Crippen LogP contribution is -2.11. The van der Waals surface area contributed by atoms with Crippen LogP contribution in [0.25, 0.3) is 32.9 Å². The van der Waals surface area contributed by atoms with Gasteiger partial charge < -0.3 is 15.8 Å². The van der Waals surface area contributed by atoms with Crippen LogP contribution in [0.2, 0.25) is 0 Å². The van der Waals surface area contributed by atoms with Gasteiger partial charge in [0.1, 0.15) is 17.3 Å². The van der Waals surface area contributed by atoms with Crippen LogP contribution < -0.4 is 11.3 Å². The third-order valence-electron chi connectivity index (χ3n) is 3.91. The van der Waals surface area contributed by atoms with Crippen LogP contribution in [0.5, 0.6) is 0 Å². The van der Waals surface area contributed by atoms with Crippen molar-refractivity contribution in [1.29, 1.82) is 0 Å². The number of hydrogen-bond acceptors (Lipinski definition) is 6. The minimum absolute atomic E-state index is 0.0864. The average molecular weight is 353 g/mol. The summed E-state index contributed by atoms with van der Waals surface area (Å²) >= 11 is 1.52. The van der Waals surface area contributed by atoms with Crippen LogP contribution in [0.3, 0.4) is 0 Å². The SMILES string of the molecule is Nc1c(-c2nc3ccccc3c(=O)[nH]2)c(-c2cccs2)nn1CCO. The molecule has 0 aliphatic carbocycles. The van der Waals surface area contributed by atoms with E-state index >= 15 is 0 Å². The zero-order valence-electron chi connectivity index (χ0n) is 13.1. The van der Waals surface area contributed by atoms with Gasteiger partial charge in [0, 0.05) is 0 Å². The largest absolute Gasteiger partial charge is 0.394 e. The highest BCUT2D eigenvalue weighted by Gasteiger charge is 2.21. The van der Waals surface area contributed by atoms with Crippen LogP contribution in [-0.4, -0.2) is 31.5 Å². The van der Waals surface area contributed by atoms with Crippen molar-refractivity contribution in [3.8, 4) is 22.0 Å². The van der Waals surface area contributed by atoms with E-state index in [4.69, 9.17) is 5.73 Å². The normalized spacial score (nSPS) is 11.2. The van der Waals surface area contributed by atoms with Crippen molar-refractivity contribution in [3.05, 3.63) is 52.1 Å². The number of anilines is 1. The van der Waals surface area contributed by atoms with E-state index in [1.54, 1.807) is 18.2 Å². The summed E-state index contributed by atoms with van der Waals surface area (Å²) in [6, 6.07) is 11.0. The molecule has 1 aromatic carbocycles. The molecular weight excluding hydrogens is 338 g/mol. The molecule has 0 radical (unpaired) electrons. The summed E-state index contributed by atoms with van der Waals surface area (Å²) < 4.78 is 1.53. The van der Waals surface area contributed by atoms with E-state index in [1.165, 1.54) is 16.0 Å². The number of para-hydroxylation sites is 1. The maximum Gasteiger partial charge on any atom is 0.259 e. The van der Waals surface area contributed by atoms with Gasteiger partial charge in [0.25, 0.3) is 5.56 Å². The highest BCUT2D eigenvalue weighted by Crippen LogP contribution is 2.36. The van der Waals surface area contributed by atoms with Crippen molar-refractivity contribution in [2.24, 2.45) is 0 Å². The molecule has 126 valence electrons. The molecule has 4 aromatic rings. The molecule has 3 heterocycles. The first-order valence-electron chi connectivity index (χ1n) is 7.69. The molecule has 0 spiro atoms. The molecule has 0 fully saturated rings. The van der Waals surface area contributed by atoms with Gasteiger partial charge in [-0.05, 0) is 23.6 Å². The molecule has 0 saturated carbocycles. The Kier molecular flexibility index (Phi) is 3.83. The first-order valence-corrected chi connectivity index (χ1v) is 8.57. The Morgan fingerprint density at radius 3 is 2.84 bits per heavy atom. The molecule has 0 atom stereocenters. The highest BCUT2D eigenvalue weighted by molar-refractivity contribution is 7.13. The molecule has 0 aliphatic rings. The van der Waals surface area contributed by atoms with E-state index in [1.807, 2.05) is 23.6 Å². The Bertz CT molecular complexity index is 1100. The van der Waals surface area contributed by atoms with Crippen LogP contribution >= 0.6 is 11.3 Å². The van der Waals surface area contributed by atoms with Crippen LogP contribution in [0, 0.1) is 0 Å². The van der Waals surface area contributed by atoms with E-state index in [-0.39, 0.29) is 18.7 Å². The molecule has 8 heteroatoms. The zero-order valence-corrected chi connectivity index (χ0v) is 14.0. The number of aliphatic hydroxyl groups excluding tert-OH is 1. The van der Waals surface area contributed by atoms with Crippen molar-refractivity contribution in [1.82, 2.24) is 19.7 Å². The van der Waals surface area contributed by atoms with Gasteiger partial charge in [0.15, 0.2) is 0 Å². The Morgan fingerprint density at radius 2 is 2.08 bits per heavy atom. The lowest BCUT2D eigenvalue weighted by atomic mass is 10.1. The second-order valence-electron chi connectivity index (χ2n) is 5.46. The Balaban J connectivity index is 2.00. The van der Waals surface area contributed by atoms with Crippen molar-refractivity contribution >= 4 is 28.1 Å². The molecule has 4 rings (SSSR count). The zero-order chi connectivity index (χ0) is 17.4. The summed E-state index contributed by atoms with van der Waals surface area (Å²) in [4.78, 5) is 20.7. The van der Waals surface area contributed by atoms with Gasteiger partial charge in [-0.15, -0.1) is 11.3 Å². The number of nitrogens with one attached hydrogen (secondary N) is 1. The Hall–Kier alpha value is -2.97. The van der Waals surface area contributed by atoms with E-state index in [0.29, 0.717) is 33.8 Å². The van der Waals surface area contributed by atoms with Gasteiger partial charge in [-0.25, -0.2) is 9.67 Å². The summed E-state index contributed by atoms with van der Waals surface area (Å²) in [6.07, 6.45) is 0. The number of hydrogen-bond donors (Lipinski definition) is 3. The number of aromatic nitrogens is 4. The summed E-state index contributed by atoms with van der Waals surface area (Å²) in [5, 5.41) is 16.2. The average Bonchev–Trinajstić information content (AvgIpc) is 3.24. The molecule has 0 aliphatic heterocycles. The number of nitrogens with two attached hydrogens (primary N) is 1. The number of fused-ring (bicyclic) bond motifs is 1. The smallest absolute Gasteiger partial charge is 0.259 e. The predicted molar refractivity (Wildman–Crippen MR) is 98.4 cm³/mol. The van der Waals surface area contributed by atoms with Crippen molar-refractivity contribution in [2.45, 2.75) is 6.54 Å². The maximum atomic E-state index is 12.4. The predicted octanol–water partition coefficient (Wildman–Crippen LogP) is 2.09. The lowest BCUT2D eigenvalue weighted by Gasteiger charge is -2.05. The number of rotatable bonds is 4. The molecule has 25 heavy (non-hydrogen) atoms. The fourth-order valence-corrected chi connectivity index (χ4v) is 3.48. The maximum absolute atomic E-state index is 12.4. The summed E-state index contributed by atoms with van der Waals surface area (Å²) in [5.74, 6) is 0.727. The number of benzene rings is 1. The lowest BCUT2D eigenvalue weighted by molar-refractivity contribution is 0.270. The number of thiophene rings is 1. The Labute approximate surface area is 146 Å². The first kappa shape index (κ1) is 15.6. The molecule has 0 unspecified atom stereocenters. The van der Waals surface area contributed by atoms with E-state index in [2.05, 4.69) is 15.1 Å². The van der Waals surface area contributed by atoms with E-state index in [9.17, 15) is 9.90 Å². The van der Waals surface area contributed by atoms with Crippen molar-refractivity contribution in [3.63, 3.8) is 0 Å². The van der Waals surface area contributed by atoms with Crippen molar-refractivity contribution in [2.75, 3.05) is 12.3 Å². The topological polar surface area (TPSA) is 110 Å². The van der Waals surface area contributed by atoms with Gasteiger partial charge >= 0.3 is 0 Å². The van der Waals surface area contributed by atoms with Crippen LogP contribution in [0.15, 0.2) is 46.6 Å². The van der Waals surface area contributed by atoms with Crippen LogP contribution in [-0.2, 0) is 6.54 Å². The number of nitrogens with zero attached hydrogens (tertiary/aromatic N) is 3. The third-order valence-corrected chi connectivity index (χ3v) is 4.78. The molecule has 0 bridgehead atoms. The number of nitrogen functional groups attached to an aromatic ring is 1. The van der Waals surface area contributed by atoms with Gasteiger partial charge in [0.2, 0.25) is 0 Å². The highest BCUT2D eigenvalue weighted by atomic mass is 32.1. The standard InChI is InChI=1S/C17H15N5O2S/c18-15-13(14(12-6-3-9-25-12)21-22(15)7-8-23)16-19-11-5-2-1-4-10(11)17(24)20-16/h1-6,9,23H,7-8,18H2,(H,19,20,24). The second kappa shape index (κ2) is 6.15. The fraction of sp³-hybridized carbons (Fsp3) is 0.118. The molecule has 0 saturated heterocycles. The monoisotopic (exact) mass is 353 g/mol. The number of aromatic amines is 1. The first-order chi connectivity index (χ1) is 12.2. The second-order valence-corrected chi connectivity index (χ2v) is 6.41. The molecule has 7 nitrogen and oxygen atoms in total. The fourth-order valence-electron chi connectivity index (χ4n) is 2.76. The van der Waals surface area contributed by atoms with Gasteiger partial charge in [0.05, 0.1) is 34.5 Å². The number of H-pyrrole nitrogens is 1. The Morgan fingerprint density at radius 1 is 1.24 bits per heavy atom. The minimum Gasteiger partial charge on any atom is -0.394 e. The number of aliphatic hydroxyl groups is 1. The summed E-state index contributed by atoms with van der Waals surface area (Å²) in [6.45, 7) is 0.179. The van der Waals surface area contributed by atoms with Gasteiger partial charge in [-0.1, -0.05) is 18.2 Å². The molecule has 0 amide bonds. The minimum atomic E-state index is -0.230. The summed E-state index contributed by atoms with van der Waals surface area (Å²) in [7, 11) is 0. The van der Waals surface area contributed by atoms with E-state index < -0.39 is 0 Å². The van der Waals surface area contributed by atoms with Gasteiger partial charge in [-0.3, -0.25) is 4.79 Å². The molecule has 3 aromatic heterocycles. The van der Waals surface area contributed by atoms with E-state index in [0.717, 1.165) is 4.88 Å². The molecular formula is C17H15N5O2S. The summed E-state index contributed by atoms with van der Waals surface area (Å²) in [5.41, 5.74) is 7.82. The quantitative estimate of drug-likeness (QED) is 0.520. The van der Waals surface area contributed by atoms with Crippen LogP contribution in [0.4, 0.5) is 5.82 Å². The van der Waals surface area contributed by atoms with Gasteiger partial charge in [-0.2, -0.15) is 5.10 Å². The van der Waals surface area contributed by atoms with Crippen LogP contribution in [0.1, 0.15) is 0 Å².